The molecule has 0 saturated carbocycles. The van der Waals surface area contributed by atoms with Crippen LogP contribution in [-0.4, -0.2) is 45.7 Å². The number of aliphatic hydroxyl groups is 1. The van der Waals surface area contributed by atoms with Crippen LogP contribution in [0.2, 0.25) is 0 Å². The minimum Gasteiger partial charge on any atom is -0.508 e. The maximum absolute atomic E-state index is 13.7. The molecule has 3 unspecified atom stereocenters. The van der Waals surface area contributed by atoms with Crippen LogP contribution in [0, 0.1) is 17.6 Å². The van der Waals surface area contributed by atoms with Crippen molar-refractivity contribution >= 4 is 17.6 Å². The van der Waals surface area contributed by atoms with Crippen molar-refractivity contribution in [3.8, 4) is 5.75 Å². The van der Waals surface area contributed by atoms with Gasteiger partial charge in [-0.25, -0.2) is 13.6 Å². The average Bonchev–Trinajstić information content (AvgIpc) is 2.93. The predicted octanol–water partition coefficient (Wildman–Crippen LogP) is 4.86. The summed E-state index contributed by atoms with van der Waals surface area (Å²) in [4.78, 5) is 26.5. The smallest absolute Gasteiger partial charge is 0.333 e. The van der Waals surface area contributed by atoms with Crippen LogP contribution in [0.5, 0.6) is 5.75 Å². The van der Waals surface area contributed by atoms with Gasteiger partial charge in [0.2, 0.25) is 5.91 Å². The van der Waals surface area contributed by atoms with Crippen LogP contribution in [-0.2, 0) is 19.1 Å². The number of aromatic hydroxyl groups is 1. The van der Waals surface area contributed by atoms with Crippen LogP contribution in [0.25, 0.3) is 0 Å². The van der Waals surface area contributed by atoms with Gasteiger partial charge in [-0.2, -0.15) is 0 Å². The van der Waals surface area contributed by atoms with Gasteiger partial charge in [0.05, 0.1) is 24.2 Å². The van der Waals surface area contributed by atoms with Crippen molar-refractivity contribution < 1.29 is 43.2 Å². The summed E-state index contributed by atoms with van der Waals surface area (Å²) in [5, 5.41) is 29.3. The third-order valence-corrected chi connectivity index (χ3v) is 7.39. The number of halogens is 2. The summed E-state index contributed by atoms with van der Waals surface area (Å²) in [7, 11) is 0. The molecule has 1 amide bonds. The highest BCUT2D eigenvalue weighted by Gasteiger charge is 2.48. The number of phenolic OH excluding ortho intramolecular Hbond substituents is 1. The van der Waals surface area contributed by atoms with Gasteiger partial charge in [-0.05, 0) is 72.5 Å². The number of amides is 1. The highest BCUT2D eigenvalue weighted by atomic mass is 19.1. The van der Waals surface area contributed by atoms with E-state index in [1.807, 2.05) is 0 Å². The van der Waals surface area contributed by atoms with Crippen molar-refractivity contribution in [1.29, 1.82) is 0 Å². The van der Waals surface area contributed by atoms with Gasteiger partial charge >= 0.3 is 5.97 Å². The normalized spacial score (nSPS) is 25.3. The van der Waals surface area contributed by atoms with E-state index in [-0.39, 0.29) is 24.5 Å². The third kappa shape index (κ3) is 5.99. The molecule has 3 aromatic carbocycles. The van der Waals surface area contributed by atoms with Gasteiger partial charge < -0.3 is 29.7 Å². The Morgan fingerprint density at radius 2 is 1.60 bits per heavy atom. The monoisotopic (exact) mass is 553 g/mol. The lowest BCUT2D eigenvalue weighted by molar-refractivity contribution is -0.239. The van der Waals surface area contributed by atoms with Gasteiger partial charge in [-0.15, -0.1) is 0 Å². The van der Waals surface area contributed by atoms with Crippen LogP contribution in [0.15, 0.2) is 72.8 Å². The van der Waals surface area contributed by atoms with Gasteiger partial charge in [-0.1, -0.05) is 24.3 Å². The number of carboxylic acids is 1. The van der Waals surface area contributed by atoms with Gasteiger partial charge in [0.15, 0.2) is 12.4 Å². The van der Waals surface area contributed by atoms with Crippen LogP contribution in [0.3, 0.4) is 0 Å². The molecule has 2 saturated heterocycles. The number of anilines is 1. The van der Waals surface area contributed by atoms with Crippen molar-refractivity contribution in [2.45, 2.75) is 56.3 Å². The molecule has 2 aliphatic heterocycles. The fourth-order valence-corrected chi connectivity index (χ4v) is 5.38. The largest absolute Gasteiger partial charge is 0.508 e. The molecular formula is C30H29F2NO7. The number of aliphatic hydroxyl groups excluding tert-OH is 1. The zero-order valence-corrected chi connectivity index (χ0v) is 21.4. The number of carbonyl (C=O) groups excluding carboxylic acids is 1. The summed E-state index contributed by atoms with van der Waals surface area (Å²) in [5.41, 5.74) is 1.94. The quantitative estimate of drug-likeness (QED) is 0.324. The number of β-lactam (4-membered cyclic amide) rings is 1. The van der Waals surface area contributed by atoms with Gasteiger partial charge in [0.25, 0.3) is 0 Å². The van der Waals surface area contributed by atoms with E-state index < -0.39 is 54.2 Å². The lowest BCUT2D eigenvalue weighted by atomic mass is 9.78. The molecule has 0 bridgehead atoms. The van der Waals surface area contributed by atoms with Gasteiger partial charge in [0.1, 0.15) is 17.4 Å². The van der Waals surface area contributed by atoms with E-state index >= 15 is 0 Å². The molecule has 8 nitrogen and oxygen atoms in total. The minimum atomic E-state index is -1.22. The number of hydrogen-bond donors (Lipinski definition) is 3. The second-order valence-corrected chi connectivity index (χ2v) is 10.1. The first kappa shape index (κ1) is 27.7. The minimum absolute atomic E-state index is 0.0550. The Balaban J connectivity index is 1.38. The SMILES string of the molecule is O=C(O)[C@@H]1CC(O)C[C@H](O[C@@H](CCC2C(=O)N(c3ccc(F)cc3)C2c2ccc(O)cc2)c2ccc(F)cc2)O1. The first-order chi connectivity index (χ1) is 19.2. The van der Waals surface area contributed by atoms with E-state index in [0.717, 1.165) is 5.56 Å². The molecule has 3 N–H and O–H groups in total. The van der Waals surface area contributed by atoms with E-state index in [1.165, 1.54) is 48.5 Å². The molecule has 3 aromatic rings. The maximum Gasteiger partial charge on any atom is 0.333 e. The van der Waals surface area contributed by atoms with Crippen LogP contribution in [0.4, 0.5) is 14.5 Å². The Bertz CT molecular complexity index is 1330. The molecule has 0 aromatic heterocycles. The number of nitrogens with zero attached hydrogens (tertiary/aromatic N) is 1. The second-order valence-electron chi connectivity index (χ2n) is 10.1. The number of carboxylic acid groups (broad SMARTS) is 1. The zero-order valence-electron chi connectivity index (χ0n) is 21.4. The van der Waals surface area contributed by atoms with Crippen molar-refractivity contribution in [2.24, 2.45) is 5.92 Å². The third-order valence-electron chi connectivity index (χ3n) is 7.39. The lowest BCUT2D eigenvalue weighted by Gasteiger charge is -2.48. The summed E-state index contributed by atoms with van der Waals surface area (Å²) in [6, 6.07) is 17.4. The molecule has 0 spiro atoms. The lowest BCUT2D eigenvalue weighted by Crippen LogP contribution is -2.55. The number of benzene rings is 3. The Morgan fingerprint density at radius 3 is 2.23 bits per heavy atom. The van der Waals surface area contributed by atoms with E-state index in [0.29, 0.717) is 24.1 Å². The van der Waals surface area contributed by atoms with Gasteiger partial charge in [0, 0.05) is 18.5 Å². The van der Waals surface area contributed by atoms with E-state index in [1.54, 1.807) is 29.2 Å². The topological polar surface area (TPSA) is 117 Å². The molecule has 10 heteroatoms. The maximum atomic E-state index is 13.7. The number of phenols is 1. The molecule has 0 radical (unpaired) electrons. The highest BCUT2D eigenvalue weighted by Crippen LogP contribution is 2.47. The number of rotatable bonds is 9. The summed E-state index contributed by atoms with van der Waals surface area (Å²) in [6.45, 7) is 0. The van der Waals surface area contributed by atoms with Crippen molar-refractivity contribution in [1.82, 2.24) is 0 Å². The molecule has 2 heterocycles. The molecule has 40 heavy (non-hydrogen) atoms. The molecule has 0 aliphatic carbocycles. The first-order valence-electron chi connectivity index (χ1n) is 13.0. The number of hydrogen-bond acceptors (Lipinski definition) is 6. The molecular weight excluding hydrogens is 524 g/mol. The van der Waals surface area contributed by atoms with Gasteiger partial charge in [-0.3, -0.25) is 4.79 Å². The van der Waals surface area contributed by atoms with E-state index in [2.05, 4.69) is 0 Å². The van der Waals surface area contributed by atoms with Crippen molar-refractivity contribution in [2.75, 3.05) is 4.90 Å². The Morgan fingerprint density at radius 1 is 0.975 bits per heavy atom. The molecule has 2 aliphatic rings. The number of aliphatic carboxylic acids is 1. The molecule has 5 rings (SSSR count). The van der Waals surface area contributed by atoms with Crippen LogP contribution >= 0.6 is 0 Å². The van der Waals surface area contributed by atoms with Crippen molar-refractivity contribution in [3.63, 3.8) is 0 Å². The highest BCUT2D eigenvalue weighted by molar-refractivity contribution is 6.03. The first-order valence-corrected chi connectivity index (χ1v) is 13.0. The summed E-state index contributed by atoms with van der Waals surface area (Å²) in [5.74, 6) is -2.63. The molecule has 2 fully saturated rings. The summed E-state index contributed by atoms with van der Waals surface area (Å²) in [6.07, 6.45) is -3.18. The summed E-state index contributed by atoms with van der Waals surface area (Å²) >= 11 is 0. The Kier molecular flexibility index (Phi) is 8.11. The van der Waals surface area contributed by atoms with Crippen molar-refractivity contribution in [3.05, 3.63) is 95.6 Å². The predicted molar refractivity (Wildman–Crippen MR) is 139 cm³/mol. The standard InChI is InChI=1S/C30H29F2NO7/c31-19-5-1-17(2-6-19)25(39-27-16-23(35)15-26(40-27)30(37)38)14-13-24-28(18-3-11-22(34)12-4-18)33(29(24)36)21-9-7-20(32)8-10-21/h1-12,23-28,34-35H,13-16H2,(H,37,38)/t23?,24?,25-,26-,27+,28?/m0/s1. The van der Waals surface area contributed by atoms with Crippen LogP contribution < -0.4 is 4.90 Å². The summed E-state index contributed by atoms with van der Waals surface area (Å²) < 4.78 is 38.9. The van der Waals surface area contributed by atoms with Crippen LogP contribution in [0.1, 0.15) is 49.0 Å². The molecule has 210 valence electrons. The fraction of sp³-hybridized carbons (Fsp3) is 0.333. The fourth-order valence-electron chi connectivity index (χ4n) is 5.38. The second kappa shape index (κ2) is 11.7. The van der Waals surface area contributed by atoms with E-state index in [4.69, 9.17) is 9.47 Å². The number of carbonyl (C=O) groups is 2. The number of ether oxygens (including phenoxy) is 2. The molecule has 6 atom stereocenters. The Labute approximate surface area is 229 Å². The zero-order chi connectivity index (χ0) is 28.4. The Hall–Kier alpha value is -3.86. The average molecular weight is 554 g/mol. The van der Waals surface area contributed by atoms with E-state index in [9.17, 15) is 33.7 Å².